The number of nitrogen functional groups attached to an aromatic ring is 1. The molecule has 0 bridgehead atoms. The fourth-order valence-electron chi connectivity index (χ4n) is 3.43. The van der Waals surface area contributed by atoms with E-state index in [9.17, 15) is 5.11 Å². The topological polar surface area (TPSA) is 118 Å². The lowest BCUT2D eigenvalue weighted by molar-refractivity contribution is 0.436. The molecule has 36 heavy (non-hydrogen) atoms. The van der Waals surface area contributed by atoms with Crippen molar-refractivity contribution in [2.75, 3.05) is 5.84 Å². The number of fused-ring (bicyclic) bond motifs is 1. The molecule has 0 amide bonds. The lowest BCUT2D eigenvalue weighted by atomic mass is 10.1. The quantitative estimate of drug-likeness (QED) is 0.107. The van der Waals surface area contributed by atoms with Gasteiger partial charge in [0, 0.05) is 21.9 Å². The fourth-order valence-corrected chi connectivity index (χ4v) is 5.46. The zero-order valence-corrected chi connectivity index (χ0v) is 22.8. The first kappa shape index (κ1) is 24.1. The minimum absolute atomic E-state index is 0.234. The van der Waals surface area contributed by atoms with Gasteiger partial charge in [-0.25, -0.2) is 4.98 Å². The number of benzene rings is 2. The molecule has 0 radical (unpaired) electrons. The van der Waals surface area contributed by atoms with Crippen LogP contribution in [-0.4, -0.2) is 24.9 Å². The van der Waals surface area contributed by atoms with Crippen LogP contribution in [0, 0.1) is 13.8 Å². The molecule has 0 atom stereocenters. The molecule has 3 heterocycles. The van der Waals surface area contributed by atoms with E-state index in [2.05, 4.69) is 72.0 Å². The van der Waals surface area contributed by atoms with Crippen molar-refractivity contribution in [3.63, 3.8) is 0 Å². The molecule has 2 aromatic carbocycles. The monoisotopic (exact) mass is 580 g/mol. The molecule has 0 saturated carbocycles. The molecule has 5 aromatic rings. The normalized spacial score (nSPS) is 12.9. The van der Waals surface area contributed by atoms with E-state index >= 15 is 0 Å². The van der Waals surface area contributed by atoms with Gasteiger partial charge in [0.2, 0.25) is 9.80 Å². The largest absolute Gasteiger partial charge is 0.491 e. The van der Waals surface area contributed by atoms with E-state index in [1.807, 2.05) is 32.2 Å². The van der Waals surface area contributed by atoms with E-state index in [1.165, 1.54) is 5.56 Å². The van der Waals surface area contributed by atoms with Crippen molar-refractivity contribution in [2.24, 2.45) is 20.4 Å². The second kappa shape index (κ2) is 9.80. The van der Waals surface area contributed by atoms with Crippen LogP contribution in [0.1, 0.15) is 23.1 Å². The summed E-state index contributed by atoms with van der Waals surface area (Å²) in [7, 11) is 0. The van der Waals surface area contributed by atoms with Crippen molar-refractivity contribution in [1.29, 1.82) is 0 Å². The molecular weight excluding hydrogens is 560 g/mol. The Morgan fingerprint density at radius 2 is 1.75 bits per heavy atom. The number of aromatic nitrogens is 3. The number of nitrogens with zero attached hydrogens (tertiary/aromatic N) is 7. The minimum Gasteiger partial charge on any atom is -0.491 e. The summed E-state index contributed by atoms with van der Waals surface area (Å²) in [6.07, 6.45) is 2.04. The molecule has 12 heteroatoms. The minimum atomic E-state index is -0.234. The van der Waals surface area contributed by atoms with Crippen molar-refractivity contribution >= 4 is 60.0 Å². The highest BCUT2D eigenvalue weighted by Crippen LogP contribution is 2.31. The summed E-state index contributed by atoms with van der Waals surface area (Å²) in [4.78, 5) is 6.93. The highest BCUT2D eigenvalue weighted by molar-refractivity contribution is 9.10. The van der Waals surface area contributed by atoms with E-state index in [0.29, 0.717) is 11.4 Å². The van der Waals surface area contributed by atoms with Crippen LogP contribution in [0.15, 0.2) is 79.6 Å². The maximum atomic E-state index is 10.3. The summed E-state index contributed by atoms with van der Waals surface area (Å²) in [5.74, 6) is 5.73. The predicted molar refractivity (Wildman–Crippen MR) is 148 cm³/mol. The molecule has 9 nitrogen and oxygen atoms in total. The Morgan fingerprint density at radius 1 is 1.03 bits per heavy atom. The Labute approximate surface area is 222 Å². The van der Waals surface area contributed by atoms with Crippen LogP contribution in [0.2, 0.25) is 0 Å². The van der Waals surface area contributed by atoms with E-state index in [-0.39, 0.29) is 15.7 Å². The number of azo groups is 1. The Kier molecular flexibility index (Phi) is 6.56. The molecule has 5 rings (SSSR count). The van der Waals surface area contributed by atoms with Gasteiger partial charge in [0.05, 0.1) is 22.0 Å². The molecule has 182 valence electrons. The predicted octanol–water partition coefficient (Wildman–Crippen LogP) is 6.46. The van der Waals surface area contributed by atoms with Crippen LogP contribution in [0.4, 0.5) is 10.7 Å². The van der Waals surface area contributed by atoms with Crippen LogP contribution in [0.5, 0.6) is 5.88 Å². The summed E-state index contributed by atoms with van der Waals surface area (Å²) >= 11 is 6.01. The van der Waals surface area contributed by atoms with Crippen molar-refractivity contribution in [3.8, 4) is 17.1 Å². The third kappa shape index (κ3) is 4.74. The number of hydrogen-bond acceptors (Lipinski definition) is 9. The lowest BCUT2D eigenvalue weighted by Crippen LogP contribution is -2.21. The molecule has 0 aliphatic carbocycles. The molecule has 0 unspecified atom stereocenters. The maximum Gasteiger partial charge on any atom is 0.251 e. The fraction of sp³-hybridized carbons (Fsp3) is 0.125. The summed E-state index contributed by atoms with van der Waals surface area (Å²) < 4.78 is 4.05. The molecule has 0 aliphatic rings. The van der Waals surface area contributed by atoms with Crippen molar-refractivity contribution in [1.82, 2.24) is 14.1 Å². The molecule has 3 N–H and O–H groups in total. The first-order chi connectivity index (χ1) is 17.3. The summed E-state index contributed by atoms with van der Waals surface area (Å²) in [6.45, 7) is 5.97. The van der Waals surface area contributed by atoms with Gasteiger partial charge in [0.15, 0.2) is 4.96 Å². The van der Waals surface area contributed by atoms with Crippen molar-refractivity contribution < 1.29 is 5.11 Å². The number of rotatable bonds is 5. The molecule has 0 aliphatic heterocycles. The van der Waals surface area contributed by atoms with Crippen molar-refractivity contribution in [3.05, 3.63) is 80.1 Å². The molecular formula is C24H21BrN8OS2. The second-order valence-corrected chi connectivity index (χ2v) is 10.9. The van der Waals surface area contributed by atoms with Crippen molar-refractivity contribution in [2.45, 2.75) is 20.8 Å². The summed E-state index contributed by atoms with van der Waals surface area (Å²) in [5, 5.41) is 27.4. The van der Waals surface area contributed by atoms with Crippen LogP contribution >= 0.6 is 38.6 Å². The molecule has 0 saturated heterocycles. The van der Waals surface area contributed by atoms with Crippen LogP contribution in [0.25, 0.3) is 16.2 Å². The van der Waals surface area contributed by atoms with Crippen LogP contribution in [0.3, 0.4) is 0 Å². The Bertz CT molecular complexity index is 1690. The molecule has 0 spiro atoms. The number of aryl methyl sites for hydroxylation is 2. The van der Waals surface area contributed by atoms with E-state index < -0.39 is 0 Å². The number of imidazole rings is 1. The van der Waals surface area contributed by atoms with Gasteiger partial charge in [-0.1, -0.05) is 68.4 Å². The van der Waals surface area contributed by atoms with Gasteiger partial charge in [0.1, 0.15) is 0 Å². The Hall–Kier alpha value is -3.61. The first-order valence-corrected chi connectivity index (χ1v) is 13.2. The van der Waals surface area contributed by atoms with E-state index in [4.69, 9.17) is 10.8 Å². The second-order valence-electron chi connectivity index (χ2n) is 8.01. The van der Waals surface area contributed by atoms with Gasteiger partial charge in [-0.2, -0.15) is 9.78 Å². The van der Waals surface area contributed by atoms with Crippen LogP contribution < -0.4 is 10.6 Å². The average molecular weight is 582 g/mol. The Morgan fingerprint density at radius 3 is 2.44 bits per heavy atom. The number of aromatic hydroxyl groups is 1. The van der Waals surface area contributed by atoms with Crippen LogP contribution in [-0.2, 0) is 0 Å². The molecule has 0 fully saturated rings. The Balaban J connectivity index is 1.42. The SMILES string of the molecule is C/C(=N\N=c1\sc(N=Nc2ccc(Br)cc2)c(O)n1N)c1sc2nc(-c3ccc(C)cc3)cn2c1C. The third-order valence-corrected chi connectivity index (χ3v) is 8.13. The number of nitrogens with two attached hydrogens (primary N) is 1. The first-order valence-electron chi connectivity index (χ1n) is 10.8. The van der Waals surface area contributed by atoms with Gasteiger partial charge in [-0.05, 0) is 45.0 Å². The molecule has 3 aromatic heterocycles. The summed E-state index contributed by atoms with van der Waals surface area (Å²) in [6, 6.07) is 15.6. The standard InChI is InChI=1S/C24H21BrN8OS2/c1-13-4-6-16(7-5-13)19-12-32-15(3)20(35-23(32)27-19)14(2)28-31-24-33(26)22(34)21(36-24)30-29-18-10-8-17(25)9-11-18/h4-12,34H,26H2,1-3H3/b28-14+,30-29?,31-24+. The van der Waals surface area contributed by atoms with Gasteiger partial charge in [0.25, 0.3) is 5.88 Å². The third-order valence-electron chi connectivity index (χ3n) is 5.41. The number of hydrogen-bond donors (Lipinski definition) is 2. The van der Waals surface area contributed by atoms with Gasteiger partial charge >= 0.3 is 0 Å². The number of thiazole rings is 2. The van der Waals surface area contributed by atoms with Gasteiger partial charge in [-0.15, -0.1) is 15.3 Å². The zero-order valence-electron chi connectivity index (χ0n) is 19.5. The highest BCUT2D eigenvalue weighted by Gasteiger charge is 2.15. The smallest absolute Gasteiger partial charge is 0.251 e. The van der Waals surface area contributed by atoms with Gasteiger partial charge < -0.3 is 10.9 Å². The lowest BCUT2D eigenvalue weighted by Gasteiger charge is -1.98. The number of halogens is 1. The highest BCUT2D eigenvalue weighted by atomic mass is 79.9. The van der Waals surface area contributed by atoms with E-state index in [1.54, 1.807) is 23.5 Å². The average Bonchev–Trinajstić information content (AvgIpc) is 3.51. The van der Waals surface area contributed by atoms with Gasteiger partial charge in [-0.3, -0.25) is 4.40 Å². The maximum absolute atomic E-state index is 10.3. The zero-order chi connectivity index (χ0) is 25.4. The van der Waals surface area contributed by atoms with E-state index in [0.717, 1.165) is 47.3 Å². The summed E-state index contributed by atoms with van der Waals surface area (Å²) in [5.41, 5.74) is 5.60.